The van der Waals surface area contributed by atoms with Gasteiger partial charge in [-0.15, -0.1) is 11.3 Å². The SMILES string of the molecule is CC(C)CN1CCC(N(C)Cc2cc3nc(-c4cnc(N)nc4)nc(N4CCOCC4)c3s2)CC1. The molecule has 5 rings (SSSR count). The molecule has 35 heavy (non-hydrogen) atoms. The predicted molar refractivity (Wildman–Crippen MR) is 142 cm³/mol. The van der Waals surface area contributed by atoms with E-state index in [1.54, 1.807) is 12.4 Å². The molecule has 0 amide bonds. The topological polar surface area (TPSA) is 96.5 Å². The Hall–Kier alpha value is -2.40. The van der Waals surface area contributed by atoms with E-state index in [4.69, 9.17) is 20.4 Å². The van der Waals surface area contributed by atoms with Crippen molar-refractivity contribution < 1.29 is 4.74 Å². The van der Waals surface area contributed by atoms with Crippen LogP contribution >= 0.6 is 11.3 Å². The van der Waals surface area contributed by atoms with E-state index in [9.17, 15) is 0 Å². The quantitative estimate of drug-likeness (QED) is 0.529. The number of piperidine rings is 1. The Balaban J connectivity index is 1.38. The lowest BCUT2D eigenvalue weighted by molar-refractivity contribution is 0.116. The standard InChI is InChI=1S/C25H36N8OS/c1-17(2)15-32-6-4-19(5-7-32)31(3)16-20-12-21-22(35-20)24(33-8-10-34-11-9-33)30-23(29-21)18-13-27-25(26)28-14-18/h12-14,17,19H,4-11,15-16H2,1-3H3,(H2,26,27,28). The van der Waals surface area contributed by atoms with Crippen LogP contribution in [0.2, 0.25) is 0 Å². The van der Waals surface area contributed by atoms with E-state index in [1.165, 1.54) is 37.4 Å². The van der Waals surface area contributed by atoms with Crippen LogP contribution in [0.4, 0.5) is 11.8 Å². The van der Waals surface area contributed by atoms with Crippen LogP contribution in [0.25, 0.3) is 21.6 Å². The van der Waals surface area contributed by atoms with Crippen molar-refractivity contribution in [3.63, 3.8) is 0 Å². The summed E-state index contributed by atoms with van der Waals surface area (Å²) >= 11 is 1.81. The molecule has 2 saturated heterocycles. The summed E-state index contributed by atoms with van der Waals surface area (Å²) in [7, 11) is 2.26. The zero-order chi connectivity index (χ0) is 24.4. The van der Waals surface area contributed by atoms with Gasteiger partial charge in [0.15, 0.2) is 11.6 Å². The van der Waals surface area contributed by atoms with Crippen LogP contribution in [0.5, 0.6) is 0 Å². The van der Waals surface area contributed by atoms with Crippen LogP contribution in [-0.4, -0.2) is 88.8 Å². The molecule has 2 N–H and O–H groups in total. The molecule has 10 heteroatoms. The van der Waals surface area contributed by atoms with Gasteiger partial charge < -0.3 is 20.3 Å². The number of thiophene rings is 1. The second-order valence-electron chi connectivity index (χ2n) is 10.1. The van der Waals surface area contributed by atoms with Gasteiger partial charge in [0, 0.05) is 49.5 Å². The van der Waals surface area contributed by atoms with Gasteiger partial charge in [0.1, 0.15) is 0 Å². The van der Waals surface area contributed by atoms with Crippen molar-refractivity contribution in [1.29, 1.82) is 0 Å². The highest BCUT2D eigenvalue weighted by Crippen LogP contribution is 2.35. The van der Waals surface area contributed by atoms with Crippen molar-refractivity contribution in [2.45, 2.75) is 39.3 Å². The van der Waals surface area contributed by atoms with E-state index in [1.807, 2.05) is 11.3 Å². The smallest absolute Gasteiger partial charge is 0.219 e. The maximum atomic E-state index is 5.69. The average Bonchev–Trinajstić information content (AvgIpc) is 3.26. The largest absolute Gasteiger partial charge is 0.378 e. The molecule has 2 fully saturated rings. The second kappa shape index (κ2) is 10.7. The van der Waals surface area contributed by atoms with Crippen molar-refractivity contribution in [2.75, 3.05) is 63.6 Å². The van der Waals surface area contributed by atoms with Gasteiger partial charge >= 0.3 is 0 Å². The average molecular weight is 497 g/mol. The molecule has 0 atom stereocenters. The number of rotatable bonds is 7. The summed E-state index contributed by atoms with van der Waals surface area (Å²) in [5, 5.41) is 0. The predicted octanol–water partition coefficient (Wildman–Crippen LogP) is 3.12. The van der Waals surface area contributed by atoms with Crippen LogP contribution in [0.1, 0.15) is 31.6 Å². The van der Waals surface area contributed by atoms with E-state index >= 15 is 0 Å². The number of ether oxygens (including phenoxy) is 1. The Labute approximate surface area is 211 Å². The fraction of sp³-hybridized carbons (Fsp3) is 0.600. The van der Waals surface area contributed by atoms with Crippen molar-refractivity contribution >= 4 is 33.3 Å². The monoisotopic (exact) mass is 496 g/mol. The maximum Gasteiger partial charge on any atom is 0.219 e. The van der Waals surface area contributed by atoms with Gasteiger partial charge in [0.25, 0.3) is 0 Å². The van der Waals surface area contributed by atoms with E-state index in [2.05, 4.69) is 51.6 Å². The second-order valence-corrected chi connectivity index (χ2v) is 11.2. The normalized spacial score (nSPS) is 18.3. The number of anilines is 2. The Bertz CT molecular complexity index is 1120. The molecule has 9 nitrogen and oxygen atoms in total. The molecule has 0 aromatic carbocycles. The third-order valence-corrected chi connectivity index (χ3v) is 7.96. The first-order valence-corrected chi connectivity index (χ1v) is 13.4. The number of nitrogens with zero attached hydrogens (tertiary/aromatic N) is 7. The molecule has 3 aromatic heterocycles. The molecule has 0 saturated carbocycles. The first-order valence-electron chi connectivity index (χ1n) is 12.6. The van der Waals surface area contributed by atoms with Gasteiger partial charge in [-0.3, -0.25) is 4.90 Å². The number of nitrogens with two attached hydrogens (primary N) is 1. The molecule has 0 unspecified atom stereocenters. The van der Waals surface area contributed by atoms with Gasteiger partial charge in [-0.05, 0) is 45.0 Å². The van der Waals surface area contributed by atoms with Gasteiger partial charge in [-0.1, -0.05) is 13.8 Å². The number of likely N-dealkylation sites (tertiary alicyclic amines) is 1. The fourth-order valence-electron chi connectivity index (χ4n) is 5.05. The zero-order valence-corrected chi connectivity index (χ0v) is 21.8. The number of hydrogen-bond donors (Lipinski definition) is 1. The van der Waals surface area contributed by atoms with Gasteiger partial charge in [0.05, 0.1) is 29.0 Å². The van der Waals surface area contributed by atoms with Crippen molar-refractivity contribution in [3.8, 4) is 11.4 Å². The zero-order valence-electron chi connectivity index (χ0n) is 21.0. The van der Waals surface area contributed by atoms with Crippen LogP contribution in [0.15, 0.2) is 18.5 Å². The summed E-state index contributed by atoms with van der Waals surface area (Å²) < 4.78 is 6.73. The molecule has 0 bridgehead atoms. The van der Waals surface area contributed by atoms with Crippen LogP contribution in [0.3, 0.4) is 0 Å². The van der Waals surface area contributed by atoms with Crippen LogP contribution in [-0.2, 0) is 11.3 Å². The molecule has 0 aliphatic carbocycles. The molecule has 2 aliphatic heterocycles. The van der Waals surface area contributed by atoms with Gasteiger partial charge in [-0.25, -0.2) is 19.9 Å². The minimum absolute atomic E-state index is 0.249. The van der Waals surface area contributed by atoms with Gasteiger partial charge in [0.2, 0.25) is 5.95 Å². The molecule has 2 aliphatic rings. The van der Waals surface area contributed by atoms with E-state index in [0.717, 1.165) is 47.2 Å². The fourth-order valence-corrected chi connectivity index (χ4v) is 6.22. The highest BCUT2D eigenvalue weighted by Gasteiger charge is 2.25. The van der Waals surface area contributed by atoms with Gasteiger partial charge in [-0.2, -0.15) is 0 Å². The Morgan fingerprint density at radius 3 is 2.51 bits per heavy atom. The molecular formula is C25H36N8OS. The number of fused-ring (bicyclic) bond motifs is 1. The van der Waals surface area contributed by atoms with Crippen molar-refractivity contribution in [1.82, 2.24) is 29.7 Å². The number of morpholine rings is 1. The number of aromatic nitrogens is 4. The lowest BCUT2D eigenvalue weighted by atomic mass is 10.0. The van der Waals surface area contributed by atoms with Crippen molar-refractivity contribution in [3.05, 3.63) is 23.3 Å². The molecule has 5 heterocycles. The summed E-state index contributed by atoms with van der Waals surface area (Å²) in [6.07, 6.45) is 5.85. The maximum absolute atomic E-state index is 5.69. The summed E-state index contributed by atoms with van der Waals surface area (Å²) in [6.45, 7) is 12.2. The minimum Gasteiger partial charge on any atom is -0.378 e. The van der Waals surface area contributed by atoms with Crippen LogP contribution < -0.4 is 10.6 Å². The highest BCUT2D eigenvalue weighted by molar-refractivity contribution is 7.19. The summed E-state index contributed by atoms with van der Waals surface area (Å²) in [4.78, 5) is 26.9. The Kier molecular flexibility index (Phi) is 7.43. The van der Waals surface area contributed by atoms with Crippen molar-refractivity contribution in [2.24, 2.45) is 5.92 Å². The van der Waals surface area contributed by atoms with Crippen LogP contribution in [0, 0.1) is 5.92 Å². The molecule has 0 radical (unpaired) electrons. The Morgan fingerprint density at radius 1 is 1.11 bits per heavy atom. The summed E-state index contributed by atoms with van der Waals surface area (Å²) in [6, 6.07) is 2.86. The lowest BCUT2D eigenvalue weighted by Crippen LogP contribution is -2.44. The third-order valence-electron chi connectivity index (χ3n) is 6.85. The number of nitrogen functional groups attached to an aromatic ring is 1. The molecule has 3 aromatic rings. The van der Waals surface area contributed by atoms with E-state index in [-0.39, 0.29) is 5.95 Å². The first-order chi connectivity index (χ1) is 17.0. The highest BCUT2D eigenvalue weighted by atomic mass is 32.1. The summed E-state index contributed by atoms with van der Waals surface area (Å²) in [5.74, 6) is 2.59. The molecule has 0 spiro atoms. The van der Waals surface area contributed by atoms with E-state index < -0.39 is 0 Å². The number of hydrogen-bond acceptors (Lipinski definition) is 10. The first kappa shape index (κ1) is 24.3. The minimum atomic E-state index is 0.249. The van der Waals surface area contributed by atoms with E-state index in [0.29, 0.717) is 25.1 Å². The third kappa shape index (κ3) is 5.72. The lowest BCUT2D eigenvalue weighted by Gasteiger charge is -2.37. The Morgan fingerprint density at radius 2 is 1.83 bits per heavy atom. The summed E-state index contributed by atoms with van der Waals surface area (Å²) in [5.41, 5.74) is 7.44. The molecule has 188 valence electrons. The molecular weight excluding hydrogens is 460 g/mol.